The molecule has 0 aromatic heterocycles. The van der Waals surface area contributed by atoms with Gasteiger partial charge in [-0.1, -0.05) is 50.3 Å². The molecule has 0 aliphatic heterocycles. The predicted octanol–water partition coefficient (Wildman–Crippen LogP) is 3.84. The van der Waals surface area contributed by atoms with Crippen LogP contribution in [0, 0.1) is 0 Å². The molecular formula is C12H16. The molecule has 0 atom stereocenters. The first-order valence-electron chi connectivity index (χ1n) is 4.46. The second-order valence-electron chi connectivity index (χ2n) is 3.32. The third kappa shape index (κ3) is 2.23. The molecule has 0 amide bonds. The minimum Gasteiger partial charge on any atom is -0.0871 e. The van der Waals surface area contributed by atoms with Gasteiger partial charge in [-0.2, -0.15) is 0 Å². The van der Waals surface area contributed by atoms with Crippen molar-refractivity contribution in [2.45, 2.75) is 26.7 Å². The topological polar surface area (TPSA) is 0 Å². The molecule has 0 fully saturated rings. The largest absolute Gasteiger partial charge is 0.0871 e. The van der Waals surface area contributed by atoms with E-state index in [1.54, 1.807) is 0 Å². The van der Waals surface area contributed by atoms with E-state index in [0.29, 0.717) is 5.92 Å². The van der Waals surface area contributed by atoms with E-state index in [1.165, 1.54) is 11.1 Å². The van der Waals surface area contributed by atoms with Crippen molar-refractivity contribution in [3.8, 4) is 0 Å². The van der Waals surface area contributed by atoms with E-state index in [1.807, 2.05) is 6.92 Å². The van der Waals surface area contributed by atoms with Crippen molar-refractivity contribution in [1.29, 1.82) is 0 Å². The average Bonchev–Trinajstić information content (AvgIpc) is 2.06. The van der Waals surface area contributed by atoms with Gasteiger partial charge in [0.2, 0.25) is 0 Å². The average molecular weight is 160 g/mol. The molecule has 0 heteroatoms. The normalized spacial score (nSPS) is 11.3. The molecule has 1 aromatic rings. The van der Waals surface area contributed by atoms with Crippen molar-refractivity contribution in [1.82, 2.24) is 0 Å². The van der Waals surface area contributed by atoms with Crippen LogP contribution in [-0.2, 0) is 0 Å². The fourth-order valence-corrected chi connectivity index (χ4v) is 1.18. The smallest absolute Gasteiger partial charge is 0.0219 e. The zero-order valence-corrected chi connectivity index (χ0v) is 8.04. The van der Waals surface area contributed by atoms with E-state index in [2.05, 4.69) is 50.3 Å². The maximum atomic E-state index is 2.21. The number of benzene rings is 1. The summed E-state index contributed by atoms with van der Waals surface area (Å²) in [5, 5.41) is 0. The van der Waals surface area contributed by atoms with Crippen LogP contribution >= 0.6 is 0 Å². The first kappa shape index (κ1) is 9.05. The molecule has 0 bridgehead atoms. The van der Waals surface area contributed by atoms with E-state index in [9.17, 15) is 0 Å². The maximum absolute atomic E-state index is 2.21. The number of hydrogen-bond acceptors (Lipinski definition) is 0. The Morgan fingerprint density at radius 1 is 1.08 bits per heavy atom. The zero-order chi connectivity index (χ0) is 8.97. The van der Waals surface area contributed by atoms with E-state index in [0.717, 1.165) is 0 Å². The predicted molar refractivity (Wildman–Crippen MR) is 55.2 cm³/mol. The van der Waals surface area contributed by atoms with Crippen LogP contribution in [-0.4, -0.2) is 0 Å². The molecule has 0 N–H and O–H groups in total. The summed E-state index contributed by atoms with van der Waals surface area (Å²) < 4.78 is 0. The third-order valence-corrected chi connectivity index (χ3v) is 1.96. The molecule has 0 saturated carbocycles. The quantitative estimate of drug-likeness (QED) is 0.616. The Morgan fingerprint density at radius 3 is 2.08 bits per heavy atom. The van der Waals surface area contributed by atoms with Crippen molar-refractivity contribution < 1.29 is 0 Å². The lowest BCUT2D eigenvalue weighted by Gasteiger charge is -2.04. The van der Waals surface area contributed by atoms with Crippen molar-refractivity contribution >= 4 is 6.08 Å². The van der Waals surface area contributed by atoms with Crippen molar-refractivity contribution in [2.75, 3.05) is 0 Å². The highest BCUT2D eigenvalue weighted by Crippen LogP contribution is 2.15. The Balaban J connectivity index is 2.85. The van der Waals surface area contributed by atoms with Gasteiger partial charge in [0.25, 0.3) is 0 Å². The first-order chi connectivity index (χ1) is 5.74. The molecular weight excluding hydrogens is 144 g/mol. The summed E-state index contributed by atoms with van der Waals surface area (Å²) in [6.45, 7) is 6.46. The van der Waals surface area contributed by atoms with Gasteiger partial charge < -0.3 is 0 Å². The van der Waals surface area contributed by atoms with Gasteiger partial charge in [-0.05, 0) is 24.0 Å². The number of hydrogen-bond donors (Lipinski definition) is 0. The summed E-state index contributed by atoms with van der Waals surface area (Å²) in [4.78, 5) is 0. The SMILES string of the molecule is C/C=C\c1ccc(C(C)C)cc1. The standard InChI is InChI=1S/C12H16/c1-4-5-11-6-8-12(9-7-11)10(2)3/h4-10H,1-3H3/b5-4-. The van der Waals surface area contributed by atoms with Gasteiger partial charge in [0.15, 0.2) is 0 Å². The first-order valence-corrected chi connectivity index (χ1v) is 4.46. The van der Waals surface area contributed by atoms with Crippen LogP contribution in [0.4, 0.5) is 0 Å². The Labute approximate surface area is 74.9 Å². The molecule has 1 rings (SSSR count). The molecule has 0 spiro atoms. The molecule has 64 valence electrons. The molecule has 0 heterocycles. The lowest BCUT2D eigenvalue weighted by Crippen LogP contribution is -1.85. The van der Waals surface area contributed by atoms with Gasteiger partial charge in [0.1, 0.15) is 0 Å². The van der Waals surface area contributed by atoms with E-state index in [4.69, 9.17) is 0 Å². The van der Waals surface area contributed by atoms with E-state index < -0.39 is 0 Å². The van der Waals surface area contributed by atoms with Crippen LogP contribution in [0.25, 0.3) is 6.08 Å². The van der Waals surface area contributed by atoms with Gasteiger partial charge >= 0.3 is 0 Å². The Hall–Kier alpha value is -1.04. The molecule has 0 aliphatic carbocycles. The Kier molecular flexibility index (Phi) is 3.09. The fourth-order valence-electron chi connectivity index (χ4n) is 1.18. The Morgan fingerprint density at radius 2 is 1.67 bits per heavy atom. The number of allylic oxidation sites excluding steroid dienone is 1. The minimum atomic E-state index is 0.629. The molecule has 0 radical (unpaired) electrons. The Bertz CT molecular complexity index is 252. The van der Waals surface area contributed by atoms with Crippen LogP contribution in [0.3, 0.4) is 0 Å². The molecule has 0 aliphatic rings. The van der Waals surface area contributed by atoms with Crippen LogP contribution in [0.5, 0.6) is 0 Å². The molecule has 12 heavy (non-hydrogen) atoms. The highest BCUT2D eigenvalue weighted by atomic mass is 14.0. The summed E-state index contributed by atoms with van der Waals surface area (Å²) >= 11 is 0. The molecule has 0 nitrogen and oxygen atoms in total. The molecule has 0 saturated heterocycles. The van der Waals surface area contributed by atoms with Gasteiger partial charge in [0.05, 0.1) is 0 Å². The zero-order valence-electron chi connectivity index (χ0n) is 8.04. The fraction of sp³-hybridized carbons (Fsp3) is 0.333. The van der Waals surface area contributed by atoms with Crippen molar-refractivity contribution in [2.24, 2.45) is 0 Å². The van der Waals surface area contributed by atoms with E-state index >= 15 is 0 Å². The van der Waals surface area contributed by atoms with Crippen LogP contribution in [0.2, 0.25) is 0 Å². The second-order valence-corrected chi connectivity index (χ2v) is 3.32. The second kappa shape index (κ2) is 4.10. The van der Waals surface area contributed by atoms with Gasteiger partial charge in [0, 0.05) is 0 Å². The summed E-state index contributed by atoms with van der Waals surface area (Å²) in [6, 6.07) is 8.71. The maximum Gasteiger partial charge on any atom is -0.0219 e. The monoisotopic (exact) mass is 160 g/mol. The molecule has 1 aromatic carbocycles. The van der Waals surface area contributed by atoms with Crippen molar-refractivity contribution in [3.05, 3.63) is 41.5 Å². The molecule has 0 unspecified atom stereocenters. The summed E-state index contributed by atoms with van der Waals surface area (Å²) in [5.74, 6) is 0.629. The van der Waals surface area contributed by atoms with Gasteiger partial charge in [-0.3, -0.25) is 0 Å². The number of rotatable bonds is 2. The van der Waals surface area contributed by atoms with Crippen LogP contribution in [0.1, 0.15) is 37.8 Å². The van der Waals surface area contributed by atoms with Crippen molar-refractivity contribution in [3.63, 3.8) is 0 Å². The highest BCUT2D eigenvalue weighted by Gasteiger charge is 1.96. The summed E-state index contributed by atoms with van der Waals surface area (Å²) in [5.41, 5.74) is 2.69. The minimum absolute atomic E-state index is 0.629. The van der Waals surface area contributed by atoms with Gasteiger partial charge in [-0.15, -0.1) is 0 Å². The third-order valence-electron chi connectivity index (χ3n) is 1.96. The van der Waals surface area contributed by atoms with Crippen LogP contribution < -0.4 is 0 Å². The summed E-state index contributed by atoms with van der Waals surface area (Å²) in [6.07, 6.45) is 4.18. The van der Waals surface area contributed by atoms with Gasteiger partial charge in [-0.25, -0.2) is 0 Å². The van der Waals surface area contributed by atoms with Crippen LogP contribution in [0.15, 0.2) is 30.3 Å². The van der Waals surface area contributed by atoms with E-state index in [-0.39, 0.29) is 0 Å². The lowest BCUT2D eigenvalue weighted by atomic mass is 10.0. The summed E-state index contributed by atoms with van der Waals surface area (Å²) in [7, 11) is 0. The lowest BCUT2D eigenvalue weighted by molar-refractivity contribution is 0.866. The highest BCUT2D eigenvalue weighted by molar-refractivity contribution is 5.49.